The number of nitrogens with one attached hydrogen (secondary N) is 2. The maximum absolute atomic E-state index is 3.96. The summed E-state index contributed by atoms with van der Waals surface area (Å²) < 4.78 is 2.39. The second kappa shape index (κ2) is 13.5. The van der Waals surface area contributed by atoms with E-state index in [0.29, 0.717) is 0 Å². The van der Waals surface area contributed by atoms with Crippen molar-refractivity contribution in [2.45, 2.75) is 12.6 Å². The Morgan fingerprint density at radius 3 is 1.85 bits per heavy atom. The van der Waals surface area contributed by atoms with Crippen LogP contribution >= 0.6 is 0 Å². The van der Waals surface area contributed by atoms with Crippen molar-refractivity contribution in [3.05, 3.63) is 223 Å². The van der Waals surface area contributed by atoms with E-state index in [4.69, 9.17) is 0 Å². The molecule has 0 bridgehead atoms. The summed E-state index contributed by atoms with van der Waals surface area (Å²) in [4.78, 5) is 0. The van der Waals surface area contributed by atoms with Crippen molar-refractivity contribution in [3.63, 3.8) is 0 Å². The number of fused-ring (bicyclic) bond motifs is 7. The van der Waals surface area contributed by atoms with Gasteiger partial charge in [-0.25, -0.2) is 0 Å². The molecule has 0 saturated carbocycles. The molecule has 0 fully saturated rings. The quantitative estimate of drug-likeness (QED) is 0.171. The van der Waals surface area contributed by atoms with E-state index in [-0.39, 0.29) is 6.04 Å². The van der Waals surface area contributed by atoms with E-state index >= 15 is 0 Å². The molecule has 12 rings (SSSR count). The summed E-state index contributed by atoms with van der Waals surface area (Å²) in [6.45, 7) is 0.803. The summed E-state index contributed by atoms with van der Waals surface area (Å²) in [6, 6.07) is 64.9. The van der Waals surface area contributed by atoms with Crippen LogP contribution in [0.15, 0.2) is 200 Å². The van der Waals surface area contributed by atoms with Gasteiger partial charge >= 0.3 is 0 Å². The van der Waals surface area contributed by atoms with Gasteiger partial charge in [0, 0.05) is 28.9 Å². The van der Waals surface area contributed by atoms with Gasteiger partial charge in [0.2, 0.25) is 0 Å². The van der Waals surface area contributed by atoms with Crippen LogP contribution in [0.2, 0.25) is 0 Å². The molecule has 59 heavy (non-hydrogen) atoms. The predicted octanol–water partition coefficient (Wildman–Crippen LogP) is 13.9. The zero-order chi connectivity index (χ0) is 38.9. The molecule has 2 aliphatic heterocycles. The molecule has 3 heteroatoms. The van der Waals surface area contributed by atoms with E-state index in [2.05, 4.69) is 222 Å². The summed E-state index contributed by atoms with van der Waals surface area (Å²) >= 11 is 0. The third-order valence-electron chi connectivity index (χ3n) is 12.4. The molecule has 2 aliphatic rings. The Kier molecular flexibility index (Phi) is 7.67. The van der Waals surface area contributed by atoms with Crippen molar-refractivity contribution in [2.24, 2.45) is 0 Å². The standard InChI is InChI=1S/C56H39N3/c1-2-15-44(16-3-1)59-53-28-26-41(33-48(53)50-35-57-30-29-54(50)59)52-20-10-19-51(58-52)40-25-27-47-49(34-40)56(43-24-22-37-12-5-7-14-39(37)32-43)46-18-9-8-17-45(46)55(47)42-23-21-36-11-4-6-13-38(36)31-42/h1-34,52,57-58H,35H2. The molecule has 1 aromatic heterocycles. The van der Waals surface area contributed by atoms with Gasteiger partial charge in [0.15, 0.2) is 0 Å². The lowest BCUT2D eigenvalue weighted by Gasteiger charge is -2.24. The number of benzene rings is 9. The minimum atomic E-state index is 0.0163. The first kappa shape index (κ1) is 33.5. The highest BCUT2D eigenvalue weighted by molar-refractivity contribution is 6.22. The van der Waals surface area contributed by atoms with Crippen LogP contribution in [0.1, 0.15) is 28.4 Å². The summed E-state index contributed by atoms with van der Waals surface area (Å²) in [5.41, 5.74) is 13.5. The van der Waals surface area contributed by atoms with Gasteiger partial charge in [-0.05, 0) is 137 Å². The second-order valence-electron chi connectivity index (χ2n) is 15.8. The molecule has 1 atom stereocenters. The molecule has 0 aliphatic carbocycles. The van der Waals surface area contributed by atoms with Crippen LogP contribution < -0.4 is 10.6 Å². The first-order chi connectivity index (χ1) is 29.2. The smallest absolute Gasteiger partial charge is 0.0701 e. The largest absolute Gasteiger partial charge is 0.387 e. The number of allylic oxidation sites excluding steroid dienone is 2. The Hall–Kier alpha value is -7.62. The van der Waals surface area contributed by atoms with Crippen LogP contribution in [0.5, 0.6) is 0 Å². The topological polar surface area (TPSA) is 29.0 Å². The van der Waals surface area contributed by atoms with Crippen molar-refractivity contribution in [3.8, 4) is 27.9 Å². The predicted molar refractivity (Wildman–Crippen MR) is 249 cm³/mol. The fourth-order valence-corrected chi connectivity index (χ4v) is 9.66. The summed E-state index contributed by atoms with van der Waals surface area (Å²) in [5.74, 6) is 0. The fraction of sp³-hybridized carbons (Fsp3) is 0.0357. The highest BCUT2D eigenvalue weighted by Crippen LogP contribution is 2.46. The van der Waals surface area contributed by atoms with E-state index in [1.165, 1.54) is 98.8 Å². The van der Waals surface area contributed by atoms with Crippen LogP contribution in [0.25, 0.3) is 93.7 Å². The average Bonchev–Trinajstić information content (AvgIpc) is 3.64. The molecule has 0 amide bonds. The number of nitrogens with zero attached hydrogens (tertiary/aromatic N) is 1. The maximum atomic E-state index is 3.96. The average molecular weight is 754 g/mol. The highest BCUT2D eigenvalue weighted by Gasteiger charge is 2.23. The summed E-state index contributed by atoms with van der Waals surface area (Å²) in [7, 11) is 0. The van der Waals surface area contributed by atoms with E-state index in [1.54, 1.807) is 0 Å². The number of hydrogen-bond acceptors (Lipinski definition) is 2. The van der Waals surface area contributed by atoms with Crippen molar-refractivity contribution >= 4 is 65.8 Å². The van der Waals surface area contributed by atoms with Crippen LogP contribution in [0, 0.1) is 0 Å². The van der Waals surface area contributed by atoms with Crippen LogP contribution in [0.3, 0.4) is 0 Å². The van der Waals surface area contributed by atoms with Crippen LogP contribution in [-0.2, 0) is 6.54 Å². The third-order valence-corrected chi connectivity index (χ3v) is 12.4. The molecule has 3 heterocycles. The van der Waals surface area contributed by atoms with Crippen LogP contribution in [0.4, 0.5) is 0 Å². The van der Waals surface area contributed by atoms with Gasteiger partial charge in [-0.3, -0.25) is 0 Å². The van der Waals surface area contributed by atoms with Gasteiger partial charge in [-0.1, -0.05) is 146 Å². The number of rotatable bonds is 5. The first-order valence-electron chi connectivity index (χ1n) is 20.5. The van der Waals surface area contributed by atoms with Crippen molar-refractivity contribution in [1.29, 1.82) is 0 Å². The molecular weight excluding hydrogens is 715 g/mol. The number of hydrogen-bond donors (Lipinski definition) is 2. The number of dihydropyridines is 1. The Morgan fingerprint density at radius 1 is 0.492 bits per heavy atom. The lowest BCUT2D eigenvalue weighted by Crippen LogP contribution is -2.20. The van der Waals surface area contributed by atoms with E-state index in [1.807, 2.05) is 0 Å². The van der Waals surface area contributed by atoms with E-state index in [0.717, 1.165) is 17.8 Å². The van der Waals surface area contributed by atoms with Gasteiger partial charge in [0.05, 0.1) is 17.3 Å². The number of para-hydroxylation sites is 1. The van der Waals surface area contributed by atoms with Gasteiger partial charge in [-0.15, -0.1) is 0 Å². The van der Waals surface area contributed by atoms with Crippen LogP contribution in [-0.4, -0.2) is 4.57 Å². The van der Waals surface area contributed by atoms with Gasteiger partial charge in [0.1, 0.15) is 0 Å². The SMILES string of the molecule is C1=CC(c2ccc3c(c2)c2c(n3-c3ccccc3)C=CNC2)NC(c2ccc3c(-c4ccc5ccccc5c4)c4ccccc4c(-c4ccc5ccccc5c4)c3c2)=C1. The molecule has 1 unspecified atom stereocenters. The molecule has 278 valence electrons. The van der Waals surface area contributed by atoms with Crippen molar-refractivity contribution in [1.82, 2.24) is 15.2 Å². The Morgan fingerprint density at radius 2 is 1.12 bits per heavy atom. The lowest BCUT2D eigenvalue weighted by atomic mass is 9.84. The Balaban J connectivity index is 1.01. The molecule has 10 aromatic rings. The zero-order valence-corrected chi connectivity index (χ0v) is 32.4. The van der Waals surface area contributed by atoms with Crippen molar-refractivity contribution in [2.75, 3.05) is 0 Å². The highest BCUT2D eigenvalue weighted by atomic mass is 15.0. The molecule has 0 spiro atoms. The van der Waals surface area contributed by atoms with Gasteiger partial charge < -0.3 is 15.2 Å². The minimum Gasteiger partial charge on any atom is -0.387 e. The minimum absolute atomic E-state index is 0.0163. The third kappa shape index (κ3) is 5.50. The maximum Gasteiger partial charge on any atom is 0.0701 e. The molecule has 9 aromatic carbocycles. The van der Waals surface area contributed by atoms with Gasteiger partial charge in [-0.2, -0.15) is 0 Å². The van der Waals surface area contributed by atoms with E-state index < -0.39 is 0 Å². The normalized spacial score (nSPS) is 14.8. The molecule has 0 saturated heterocycles. The zero-order valence-electron chi connectivity index (χ0n) is 32.4. The molecule has 0 radical (unpaired) electrons. The molecule has 3 nitrogen and oxygen atoms in total. The Bertz CT molecular complexity index is 3420. The summed E-state index contributed by atoms with van der Waals surface area (Å²) in [5, 5.41) is 18.7. The Labute approximate surface area is 342 Å². The monoisotopic (exact) mass is 753 g/mol. The first-order valence-corrected chi connectivity index (χ1v) is 20.5. The lowest BCUT2D eigenvalue weighted by molar-refractivity contribution is 0.765. The second-order valence-corrected chi connectivity index (χ2v) is 15.8. The van der Waals surface area contributed by atoms with Gasteiger partial charge in [0.25, 0.3) is 0 Å². The van der Waals surface area contributed by atoms with E-state index in [9.17, 15) is 0 Å². The molecular formula is C56H39N3. The fourth-order valence-electron chi connectivity index (χ4n) is 9.66. The summed E-state index contributed by atoms with van der Waals surface area (Å²) in [6.07, 6.45) is 11.0. The van der Waals surface area contributed by atoms with Crippen molar-refractivity contribution < 1.29 is 0 Å². The number of aromatic nitrogens is 1. The molecule has 2 N–H and O–H groups in total.